The number of aliphatic hydroxyl groups is 1. The molecule has 158 valence electrons. The summed E-state index contributed by atoms with van der Waals surface area (Å²) in [6.45, 7) is 1.62. The predicted octanol–water partition coefficient (Wildman–Crippen LogP) is 0.721. The zero-order valence-electron chi connectivity index (χ0n) is 16.5. The summed E-state index contributed by atoms with van der Waals surface area (Å²) in [4.78, 5) is 41.6. The zero-order valence-corrected chi connectivity index (χ0v) is 16.5. The molecule has 3 amide bonds. The molecule has 2 aromatic carbocycles. The van der Waals surface area contributed by atoms with Crippen molar-refractivity contribution in [3.8, 4) is 11.5 Å². The van der Waals surface area contributed by atoms with E-state index in [1.165, 1.54) is 0 Å². The van der Waals surface area contributed by atoms with Crippen molar-refractivity contribution in [1.29, 1.82) is 0 Å². The Morgan fingerprint density at radius 3 is 2.68 bits per heavy atom. The number of nitrogens with zero attached hydrogens (tertiary/aromatic N) is 1. The first kappa shape index (κ1) is 18.3. The van der Waals surface area contributed by atoms with Crippen molar-refractivity contribution < 1.29 is 29.0 Å². The maximum Gasteiger partial charge on any atom is 0.250 e. The van der Waals surface area contributed by atoms with Crippen LogP contribution < -0.4 is 25.0 Å². The average molecular weight is 421 g/mol. The van der Waals surface area contributed by atoms with E-state index in [4.69, 9.17) is 9.47 Å². The van der Waals surface area contributed by atoms with E-state index in [2.05, 4.69) is 10.6 Å². The molecule has 31 heavy (non-hydrogen) atoms. The molecule has 2 saturated heterocycles. The summed E-state index contributed by atoms with van der Waals surface area (Å²) in [6, 6.07) is 11.2. The second-order valence-electron chi connectivity index (χ2n) is 8.27. The number of ether oxygens (including phenoxy) is 2. The molecule has 0 unspecified atom stereocenters. The topological polar surface area (TPSA) is 117 Å². The van der Waals surface area contributed by atoms with Gasteiger partial charge in [-0.3, -0.25) is 19.7 Å². The number of hydrogen-bond donors (Lipinski definition) is 3. The first-order valence-corrected chi connectivity index (χ1v) is 10.1. The summed E-state index contributed by atoms with van der Waals surface area (Å²) in [5.41, 5.74) is 0.110. The Morgan fingerprint density at radius 1 is 1.10 bits per heavy atom. The summed E-state index contributed by atoms with van der Waals surface area (Å²) in [5, 5.41) is 16.4. The summed E-state index contributed by atoms with van der Waals surface area (Å²) >= 11 is 0. The highest BCUT2D eigenvalue weighted by molar-refractivity contribution is 6.26. The summed E-state index contributed by atoms with van der Waals surface area (Å²) < 4.78 is 10.7. The fraction of sp³-hybridized carbons (Fsp3) is 0.318. The van der Waals surface area contributed by atoms with E-state index in [1.807, 2.05) is 0 Å². The Kier molecular flexibility index (Phi) is 3.58. The number of rotatable bonds is 2. The number of fused-ring (bicyclic) bond motifs is 5. The third-order valence-electron chi connectivity index (χ3n) is 6.69. The average Bonchev–Trinajstić information content (AvgIpc) is 3.47. The highest BCUT2D eigenvalue weighted by Gasteiger charge is 2.71. The monoisotopic (exact) mass is 421 g/mol. The number of nitrogens with one attached hydrogen (secondary N) is 2. The van der Waals surface area contributed by atoms with E-state index in [0.29, 0.717) is 28.4 Å². The van der Waals surface area contributed by atoms with Gasteiger partial charge in [0, 0.05) is 23.4 Å². The van der Waals surface area contributed by atoms with Crippen LogP contribution in [0.5, 0.6) is 11.5 Å². The fourth-order valence-electron chi connectivity index (χ4n) is 5.38. The van der Waals surface area contributed by atoms with Crippen LogP contribution in [0.3, 0.4) is 0 Å². The van der Waals surface area contributed by atoms with E-state index in [1.54, 1.807) is 49.4 Å². The second-order valence-corrected chi connectivity index (χ2v) is 8.27. The summed E-state index contributed by atoms with van der Waals surface area (Å²) in [7, 11) is 0. The molecule has 0 aliphatic carbocycles. The third-order valence-corrected chi connectivity index (χ3v) is 6.69. The molecule has 4 aliphatic heterocycles. The van der Waals surface area contributed by atoms with E-state index in [-0.39, 0.29) is 6.79 Å². The lowest BCUT2D eigenvalue weighted by Crippen LogP contribution is -2.54. The van der Waals surface area contributed by atoms with E-state index in [9.17, 15) is 19.5 Å². The van der Waals surface area contributed by atoms with Crippen LogP contribution >= 0.6 is 0 Å². The van der Waals surface area contributed by atoms with Gasteiger partial charge in [0.15, 0.2) is 11.5 Å². The van der Waals surface area contributed by atoms with E-state index in [0.717, 1.165) is 4.90 Å². The molecule has 3 N–H and O–H groups in total. The minimum Gasteiger partial charge on any atom is -0.454 e. The van der Waals surface area contributed by atoms with Crippen molar-refractivity contribution >= 4 is 29.1 Å². The Labute approximate surface area is 176 Å². The molecule has 4 aliphatic rings. The number of carbonyl (C=O) groups excluding carboxylic acids is 3. The first-order valence-electron chi connectivity index (χ1n) is 10.1. The highest BCUT2D eigenvalue weighted by Crippen LogP contribution is 2.54. The van der Waals surface area contributed by atoms with Gasteiger partial charge in [-0.15, -0.1) is 0 Å². The second kappa shape index (κ2) is 6.05. The molecule has 5 atom stereocenters. The number of amides is 3. The number of imide groups is 1. The molecule has 6 rings (SSSR count). The van der Waals surface area contributed by atoms with Crippen molar-refractivity contribution in [3.05, 3.63) is 48.0 Å². The van der Waals surface area contributed by atoms with Crippen molar-refractivity contribution in [2.75, 3.05) is 17.0 Å². The Bertz CT molecular complexity index is 1160. The number of carbonyl (C=O) groups is 3. The summed E-state index contributed by atoms with van der Waals surface area (Å²) in [5.74, 6) is -2.26. The largest absolute Gasteiger partial charge is 0.454 e. The van der Waals surface area contributed by atoms with Gasteiger partial charge in [-0.25, -0.2) is 4.90 Å². The SMILES string of the molecule is C[C@@H](O)[C@H]1N[C@]2(C(=O)Nc3ccccc32)[C@@H]2C(=O)N(c3ccc4c(c3)OCO4)C(=O)[C@@H]12. The summed E-state index contributed by atoms with van der Waals surface area (Å²) in [6.07, 6.45) is -0.958. The van der Waals surface area contributed by atoms with Gasteiger partial charge in [-0.05, 0) is 25.1 Å². The van der Waals surface area contributed by atoms with Crippen molar-refractivity contribution in [3.63, 3.8) is 0 Å². The van der Waals surface area contributed by atoms with E-state index >= 15 is 0 Å². The van der Waals surface area contributed by atoms with Crippen LogP contribution in [0.2, 0.25) is 0 Å². The molecule has 0 radical (unpaired) electrons. The Balaban J connectivity index is 1.50. The molecule has 2 fully saturated rings. The van der Waals surface area contributed by atoms with Gasteiger partial charge in [0.2, 0.25) is 24.5 Å². The smallest absolute Gasteiger partial charge is 0.250 e. The van der Waals surface area contributed by atoms with Crippen LogP contribution in [-0.2, 0) is 19.9 Å². The zero-order chi connectivity index (χ0) is 21.5. The fourth-order valence-corrected chi connectivity index (χ4v) is 5.38. The van der Waals surface area contributed by atoms with E-state index < -0.39 is 47.2 Å². The quantitative estimate of drug-likeness (QED) is 0.612. The van der Waals surface area contributed by atoms with Crippen LogP contribution in [0.4, 0.5) is 11.4 Å². The highest BCUT2D eigenvalue weighted by atomic mass is 16.7. The number of para-hydroxylation sites is 1. The maximum absolute atomic E-state index is 13.7. The Morgan fingerprint density at radius 2 is 1.87 bits per heavy atom. The molecule has 0 saturated carbocycles. The lowest BCUT2D eigenvalue weighted by atomic mass is 9.76. The van der Waals surface area contributed by atoms with Gasteiger partial charge in [0.25, 0.3) is 0 Å². The van der Waals surface area contributed by atoms with Crippen molar-refractivity contribution in [1.82, 2.24) is 5.32 Å². The van der Waals surface area contributed by atoms with Gasteiger partial charge in [0.05, 0.1) is 23.6 Å². The van der Waals surface area contributed by atoms with Crippen LogP contribution in [0, 0.1) is 11.8 Å². The maximum atomic E-state index is 13.7. The van der Waals surface area contributed by atoms with Crippen molar-refractivity contribution in [2.24, 2.45) is 11.8 Å². The molecular formula is C22H19N3O6. The molecule has 0 bridgehead atoms. The lowest BCUT2D eigenvalue weighted by Gasteiger charge is -2.30. The predicted molar refractivity (Wildman–Crippen MR) is 107 cm³/mol. The van der Waals surface area contributed by atoms with Crippen LogP contribution in [0.1, 0.15) is 12.5 Å². The molecule has 1 spiro atoms. The Hall–Kier alpha value is -3.43. The van der Waals surface area contributed by atoms with Gasteiger partial charge >= 0.3 is 0 Å². The van der Waals surface area contributed by atoms with Crippen LogP contribution in [0.25, 0.3) is 0 Å². The minimum absolute atomic E-state index is 0.0695. The molecule has 2 aromatic rings. The standard InChI is InChI=1S/C22H19N3O6/c1-10(26)18-16-17(22(24-18)12-4-2-3-5-13(12)23-21(22)29)20(28)25(19(16)27)11-6-7-14-15(8-11)31-9-30-14/h2-8,10,16-18,24,26H,9H2,1H3,(H,23,29)/t10-,16-,17+,18-,22+/m1/s1. The van der Waals surface area contributed by atoms with Gasteiger partial charge in [0.1, 0.15) is 5.54 Å². The van der Waals surface area contributed by atoms with Crippen LogP contribution in [0.15, 0.2) is 42.5 Å². The minimum atomic E-state index is -1.43. The lowest BCUT2D eigenvalue weighted by molar-refractivity contribution is -0.130. The van der Waals surface area contributed by atoms with Gasteiger partial charge < -0.3 is 19.9 Å². The molecule has 0 aromatic heterocycles. The number of aliphatic hydroxyl groups excluding tert-OH is 1. The molecule has 9 nitrogen and oxygen atoms in total. The number of benzene rings is 2. The molecular weight excluding hydrogens is 402 g/mol. The van der Waals surface area contributed by atoms with Crippen molar-refractivity contribution in [2.45, 2.75) is 24.6 Å². The van der Waals surface area contributed by atoms with Crippen LogP contribution in [-0.4, -0.2) is 41.8 Å². The molecule has 9 heteroatoms. The normalized spacial score (nSPS) is 31.2. The third kappa shape index (κ3) is 2.19. The molecule has 4 heterocycles. The van der Waals surface area contributed by atoms with Gasteiger partial charge in [-0.2, -0.15) is 0 Å². The van der Waals surface area contributed by atoms with Gasteiger partial charge in [-0.1, -0.05) is 18.2 Å². The first-order chi connectivity index (χ1) is 14.9. The number of anilines is 2. The number of hydrogen-bond acceptors (Lipinski definition) is 7.